The Morgan fingerprint density at radius 1 is 1.08 bits per heavy atom. The molecule has 0 bridgehead atoms. The molecule has 1 saturated heterocycles. The number of likely N-dealkylation sites (tertiary alicyclic amines) is 1. The summed E-state index contributed by atoms with van der Waals surface area (Å²) in [7, 11) is 0. The van der Waals surface area contributed by atoms with Crippen LogP contribution in [0.1, 0.15) is 36.6 Å². The van der Waals surface area contributed by atoms with Gasteiger partial charge in [0.25, 0.3) is 17.4 Å². The predicted octanol–water partition coefficient (Wildman–Crippen LogP) is 5.19. The average molecular weight is 505 g/mol. The van der Waals surface area contributed by atoms with Gasteiger partial charge in [-0.2, -0.15) is 0 Å². The normalized spacial score (nSPS) is 16.9. The van der Waals surface area contributed by atoms with Gasteiger partial charge in [0.2, 0.25) is 0 Å². The summed E-state index contributed by atoms with van der Waals surface area (Å²) in [6.07, 6.45) is 0.240. The third-order valence-corrected chi connectivity index (χ3v) is 5.99. The van der Waals surface area contributed by atoms with Crippen molar-refractivity contribution >= 4 is 23.1 Å². The first-order valence-corrected chi connectivity index (χ1v) is 11.7. The molecule has 37 heavy (non-hydrogen) atoms. The summed E-state index contributed by atoms with van der Waals surface area (Å²) < 4.78 is 19.1. The number of ether oxygens (including phenoxy) is 1. The summed E-state index contributed by atoms with van der Waals surface area (Å²) >= 11 is 0. The van der Waals surface area contributed by atoms with Gasteiger partial charge in [-0.15, -0.1) is 0 Å². The van der Waals surface area contributed by atoms with E-state index >= 15 is 0 Å². The lowest BCUT2D eigenvalue weighted by Gasteiger charge is -2.26. The lowest BCUT2D eigenvalue weighted by Crippen LogP contribution is -2.31. The first kappa shape index (κ1) is 25.6. The van der Waals surface area contributed by atoms with E-state index in [9.17, 15) is 29.2 Å². The second-order valence-corrected chi connectivity index (χ2v) is 8.91. The molecular weight excluding hydrogens is 479 g/mol. The third kappa shape index (κ3) is 5.50. The number of non-ortho nitro benzene ring substituents is 1. The topological polar surface area (TPSA) is 110 Å². The number of amides is 1. The van der Waals surface area contributed by atoms with Crippen LogP contribution in [0, 0.1) is 15.9 Å². The molecule has 0 spiro atoms. The van der Waals surface area contributed by atoms with E-state index in [2.05, 4.69) is 0 Å². The van der Waals surface area contributed by atoms with Crippen molar-refractivity contribution in [1.82, 2.24) is 4.90 Å². The summed E-state index contributed by atoms with van der Waals surface area (Å²) in [4.78, 5) is 38.2. The number of hydrogen-bond acceptors (Lipinski definition) is 6. The molecule has 9 heteroatoms. The summed E-state index contributed by atoms with van der Waals surface area (Å²) in [5, 5.41) is 22.2. The van der Waals surface area contributed by atoms with Crippen molar-refractivity contribution in [2.24, 2.45) is 0 Å². The monoisotopic (exact) mass is 504 g/mol. The Bertz CT molecular complexity index is 1370. The quantitative estimate of drug-likeness (QED) is 0.149. The fraction of sp³-hybridized carbons (Fsp3) is 0.214. The first-order valence-electron chi connectivity index (χ1n) is 11.7. The number of hydrogen-bond donors (Lipinski definition) is 1. The van der Waals surface area contributed by atoms with Gasteiger partial charge in [0.15, 0.2) is 0 Å². The zero-order chi connectivity index (χ0) is 26.7. The Balaban J connectivity index is 1.78. The second kappa shape index (κ2) is 10.6. The molecule has 8 nitrogen and oxygen atoms in total. The number of ketones is 1. The van der Waals surface area contributed by atoms with Crippen LogP contribution in [0.5, 0.6) is 5.75 Å². The maximum absolute atomic E-state index is 13.3. The largest absolute Gasteiger partial charge is 0.507 e. The molecule has 3 aromatic carbocycles. The van der Waals surface area contributed by atoms with Crippen molar-refractivity contribution in [2.75, 3.05) is 6.54 Å². The molecule has 1 fully saturated rings. The summed E-state index contributed by atoms with van der Waals surface area (Å²) in [5.41, 5.74) is 1.20. The summed E-state index contributed by atoms with van der Waals surface area (Å²) in [5.74, 6) is -1.93. The lowest BCUT2D eigenvalue weighted by atomic mass is 9.95. The molecule has 0 radical (unpaired) electrons. The van der Waals surface area contributed by atoms with E-state index in [1.54, 1.807) is 36.4 Å². The lowest BCUT2D eigenvalue weighted by molar-refractivity contribution is -0.384. The van der Waals surface area contributed by atoms with E-state index in [1.165, 1.54) is 41.3 Å². The zero-order valence-corrected chi connectivity index (χ0v) is 20.3. The number of carbonyl (C=O) groups is 2. The van der Waals surface area contributed by atoms with Crippen LogP contribution in [-0.2, 0) is 16.0 Å². The molecule has 1 aliphatic heterocycles. The van der Waals surface area contributed by atoms with E-state index in [0.29, 0.717) is 17.7 Å². The van der Waals surface area contributed by atoms with Crippen molar-refractivity contribution in [1.29, 1.82) is 0 Å². The van der Waals surface area contributed by atoms with Crippen LogP contribution in [0.15, 0.2) is 78.4 Å². The Hall–Kier alpha value is -4.53. The minimum atomic E-state index is -0.925. The first-order chi connectivity index (χ1) is 17.7. The van der Waals surface area contributed by atoms with E-state index in [4.69, 9.17) is 4.74 Å². The van der Waals surface area contributed by atoms with Crippen molar-refractivity contribution in [3.63, 3.8) is 0 Å². The highest BCUT2D eigenvalue weighted by atomic mass is 19.1. The molecular formula is C28H25FN2O6. The zero-order valence-electron chi connectivity index (χ0n) is 20.3. The van der Waals surface area contributed by atoms with Gasteiger partial charge in [-0.1, -0.05) is 24.3 Å². The number of halogens is 1. The fourth-order valence-electron chi connectivity index (χ4n) is 4.28. The third-order valence-electron chi connectivity index (χ3n) is 5.99. The molecule has 0 aliphatic carbocycles. The molecule has 3 aromatic rings. The number of Topliss-reactive ketones (excluding diaryl/α,β-unsaturated/α-hetero) is 1. The minimum Gasteiger partial charge on any atom is -0.507 e. The number of benzene rings is 3. The molecule has 0 saturated carbocycles. The number of nitro groups is 1. The van der Waals surface area contributed by atoms with Crippen molar-refractivity contribution < 1.29 is 28.7 Å². The highest BCUT2D eigenvalue weighted by Crippen LogP contribution is 2.40. The Morgan fingerprint density at radius 2 is 1.76 bits per heavy atom. The van der Waals surface area contributed by atoms with Crippen LogP contribution in [0.2, 0.25) is 0 Å². The second-order valence-electron chi connectivity index (χ2n) is 8.91. The smallest absolute Gasteiger partial charge is 0.295 e. The SMILES string of the molecule is CC(C)Oc1cccc(C2/C(=C(\O)c3ccc([N+](=O)[O-])cc3)C(=O)C(=O)N2CCc2ccc(F)cc2)c1. The Kier molecular flexibility index (Phi) is 7.33. The van der Waals surface area contributed by atoms with Crippen LogP contribution < -0.4 is 4.74 Å². The molecule has 190 valence electrons. The fourth-order valence-corrected chi connectivity index (χ4v) is 4.28. The predicted molar refractivity (Wildman–Crippen MR) is 134 cm³/mol. The number of aliphatic hydroxyl groups is 1. The molecule has 1 aliphatic rings. The molecule has 1 unspecified atom stereocenters. The Morgan fingerprint density at radius 3 is 2.38 bits per heavy atom. The highest BCUT2D eigenvalue weighted by molar-refractivity contribution is 6.46. The minimum absolute atomic E-state index is 0.111. The van der Waals surface area contributed by atoms with Crippen molar-refractivity contribution in [2.45, 2.75) is 32.4 Å². The molecule has 1 atom stereocenters. The standard InChI is InChI=1S/C28H25FN2O6/c1-17(2)37-23-5-3-4-20(16-23)25-24(26(32)19-8-12-22(13-9-19)31(35)36)27(33)28(34)30(25)15-14-18-6-10-21(29)11-7-18/h3-13,16-17,25,32H,14-15H2,1-2H3/b26-24+. The van der Waals surface area contributed by atoms with Gasteiger partial charge in [0.1, 0.15) is 17.3 Å². The number of nitro benzene ring substituents is 1. The van der Waals surface area contributed by atoms with E-state index < -0.39 is 28.4 Å². The number of aliphatic hydroxyl groups excluding tert-OH is 1. The van der Waals surface area contributed by atoms with Crippen LogP contribution in [-0.4, -0.2) is 39.3 Å². The van der Waals surface area contributed by atoms with Crippen LogP contribution in [0.25, 0.3) is 5.76 Å². The maximum atomic E-state index is 13.3. The molecule has 1 amide bonds. The molecule has 0 aromatic heterocycles. The van der Waals surface area contributed by atoms with Crippen LogP contribution in [0.4, 0.5) is 10.1 Å². The van der Waals surface area contributed by atoms with Gasteiger partial charge < -0.3 is 14.7 Å². The van der Waals surface area contributed by atoms with Crippen molar-refractivity contribution in [3.8, 4) is 5.75 Å². The van der Waals surface area contributed by atoms with Crippen LogP contribution in [0.3, 0.4) is 0 Å². The molecule has 1 heterocycles. The summed E-state index contributed by atoms with van der Waals surface area (Å²) in [6.45, 7) is 3.87. The Labute approximate surface area is 212 Å². The number of nitrogens with zero attached hydrogens (tertiary/aromatic N) is 2. The van der Waals surface area contributed by atoms with Gasteiger partial charge in [-0.3, -0.25) is 19.7 Å². The van der Waals surface area contributed by atoms with E-state index in [-0.39, 0.29) is 35.3 Å². The van der Waals surface area contributed by atoms with Gasteiger partial charge >= 0.3 is 0 Å². The molecule has 4 rings (SSSR count). The number of rotatable bonds is 8. The van der Waals surface area contributed by atoms with Gasteiger partial charge in [-0.05, 0) is 67.8 Å². The average Bonchev–Trinajstić information content (AvgIpc) is 3.12. The van der Waals surface area contributed by atoms with Gasteiger partial charge in [-0.25, -0.2) is 4.39 Å². The summed E-state index contributed by atoms with van der Waals surface area (Å²) in [6, 6.07) is 17.0. The maximum Gasteiger partial charge on any atom is 0.295 e. The van der Waals surface area contributed by atoms with E-state index in [0.717, 1.165) is 5.56 Å². The van der Waals surface area contributed by atoms with Crippen LogP contribution >= 0.6 is 0 Å². The molecule has 1 N–H and O–H groups in total. The van der Waals surface area contributed by atoms with Crippen molar-refractivity contribution in [3.05, 3.63) is 111 Å². The van der Waals surface area contributed by atoms with E-state index in [1.807, 2.05) is 13.8 Å². The van der Waals surface area contributed by atoms with Gasteiger partial charge in [0.05, 0.1) is 22.6 Å². The highest BCUT2D eigenvalue weighted by Gasteiger charge is 2.46. The van der Waals surface area contributed by atoms with Gasteiger partial charge in [0, 0.05) is 24.2 Å². The number of carbonyl (C=O) groups excluding carboxylic acids is 2.